The van der Waals surface area contributed by atoms with Gasteiger partial charge in [-0.3, -0.25) is 4.57 Å². The quantitative estimate of drug-likeness (QED) is 0.795. The van der Waals surface area contributed by atoms with Crippen molar-refractivity contribution in [2.75, 3.05) is 13.7 Å². The van der Waals surface area contributed by atoms with Gasteiger partial charge >= 0.3 is 5.69 Å². The van der Waals surface area contributed by atoms with Crippen LogP contribution in [0.15, 0.2) is 29.3 Å². The molecule has 0 spiro atoms. The molecular weight excluding hydrogens is 256 g/mol. The van der Waals surface area contributed by atoms with Gasteiger partial charge in [0.05, 0.1) is 20.2 Å². The van der Waals surface area contributed by atoms with E-state index >= 15 is 0 Å². The van der Waals surface area contributed by atoms with Gasteiger partial charge in [-0.2, -0.15) is 5.10 Å². The molecule has 6 nitrogen and oxygen atoms in total. The lowest BCUT2D eigenvalue weighted by molar-refractivity contribution is 0.414. The molecular formula is C14H16N4O2. The molecule has 0 unspecified atom stereocenters. The second kappa shape index (κ2) is 6.08. The van der Waals surface area contributed by atoms with E-state index in [-0.39, 0.29) is 12.2 Å². The molecule has 0 radical (unpaired) electrons. The Morgan fingerprint density at radius 1 is 1.45 bits per heavy atom. The van der Waals surface area contributed by atoms with Crippen LogP contribution < -0.4 is 16.2 Å². The van der Waals surface area contributed by atoms with Crippen LogP contribution in [0.1, 0.15) is 11.1 Å². The Balaban J connectivity index is 2.42. The van der Waals surface area contributed by atoms with Gasteiger partial charge in [-0.25, -0.2) is 9.48 Å². The minimum atomic E-state index is -0.175. The third kappa shape index (κ3) is 2.90. The summed E-state index contributed by atoms with van der Waals surface area (Å²) in [6.45, 7) is 0.625. The summed E-state index contributed by atoms with van der Waals surface area (Å²) in [5.41, 5.74) is 6.90. The second-order valence-electron chi connectivity index (χ2n) is 4.21. The van der Waals surface area contributed by atoms with Crippen LogP contribution >= 0.6 is 0 Å². The molecule has 0 bridgehead atoms. The first-order valence-electron chi connectivity index (χ1n) is 6.10. The Hall–Kier alpha value is -2.52. The highest BCUT2D eigenvalue weighted by molar-refractivity contribution is 5.45. The molecule has 1 heterocycles. The number of aryl methyl sites for hydroxylation is 1. The SMILES string of the molecule is COc1ccc(C#CCN)c(Cn2ncn(C)c2=O)c1. The molecule has 0 aliphatic carbocycles. The largest absolute Gasteiger partial charge is 0.497 e. The number of hydrogen-bond acceptors (Lipinski definition) is 4. The van der Waals surface area contributed by atoms with Crippen LogP contribution in [0.25, 0.3) is 0 Å². The predicted octanol–water partition coefficient (Wildman–Crippen LogP) is -0.0511. The minimum Gasteiger partial charge on any atom is -0.497 e. The summed E-state index contributed by atoms with van der Waals surface area (Å²) in [5.74, 6) is 6.51. The number of methoxy groups -OCH3 is 1. The number of nitrogens with two attached hydrogens (primary N) is 1. The molecule has 0 amide bonds. The van der Waals surface area contributed by atoms with Crippen molar-refractivity contribution in [3.05, 3.63) is 46.1 Å². The summed E-state index contributed by atoms with van der Waals surface area (Å²) >= 11 is 0. The summed E-state index contributed by atoms with van der Waals surface area (Å²) in [6, 6.07) is 5.53. The van der Waals surface area contributed by atoms with E-state index in [9.17, 15) is 4.79 Å². The summed E-state index contributed by atoms with van der Waals surface area (Å²) in [5, 5.41) is 4.04. The van der Waals surface area contributed by atoms with Crippen molar-refractivity contribution >= 4 is 0 Å². The normalized spacial score (nSPS) is 9.95. The van der Waals surface area contributed by atoms with Crippen LogP contribution in [-0.4, -0.2) is 28.0 Å². The summed E-state index contributed by atoms with van der Waals surface area (Å²) < 4.78 is 8.00. The Kier molecular flexibility index (Phi) is 4.23. The topological polar surface area (TPSA) is 75.1 Å². The van der Waals surface area contributed by atoms with E-state index in [0.29, 0.717) is 12.3 Å². The maximum atomic E-state index is 11.8. The first-order chi connectivity index (χ1) is 9.65. The molecule has 0 atom stereocenters. The van der Waals surface area contributed by atoms with Crippen molar-refractivity contribution in [2.45, 2.75) is 6.54 Å². The second-order valence-corrected chi connectivity index (χ2v) is 4.21. The van der Waals surface area contributed by atoms with E-state index in [1.807, 2.05) is 18.2 Å². The zero-order valence-corrected chi connectivity index (χ0v) is 11.5. The van der Waals surface area contributed by atoms with Gasteiger partial charge in [0.25, 0.3) is 0 Å². The lowest BCUT2D eigenvalue weighted by Crippen LogP contribution is -2.23. The summed E-state index contributed by atoms with van der Waals surface area (Å²) in [7, 11) is 3.25. The molecule has 0 aliphatic heterocycles. The van der Waals surface area contributed by atoms with Crippen molar-refractivity contribution in [3.63, 3.8) is 0 Å². The van der Waals surface area contributed by atoms with Crippen molar-refractivity contribution in [2.24, 2.45) is 12.8 Å². The van der Waals surface area contributed by atoms with Crippen LogP contribution in [0, 0.1) is 11.8 Å². The fourth-order valence-corrected chi connectivity index (χ4v) is 1.79. The highest BCUT2D eigenvalue weighted by Gasteiger charge is 2.07. The summed E-state index contributed by atoms with van der Waals surface area (Å²) in [6.07, 6.45) is 1.48. The molecule has 0 saturated carbocycles. The van der Waals surface area contributed by atoms with Gasteiger partial charge in [-0.15, -0.1) is 0 Å². The summed E-state index contributed by atoms with van der Waals surface area (Å²) in [4.78, 5) is 11.8. The van der Waals surface area contributed by atoms with Crippen LogP contribution in [0.3, 0.4) is 0 Å². The molecule has 20 heavy (non-hydrogen) atoms. The highest BCUT2D eigenvalue weighted by Crippen LogP contribution is 2.17. The van der Waals surface area contributed by atoms with Gasteiger partial charge < -0.3 is 10.5 Å². The van der Waals surface area contributed by atoms with Gasteiger partial charge in [-0.1, -0.05) is 11.8 Å². The van der Waals surface area contributed by atoms with Crippen LogP contribution in [0.2, 0.25) is 0 Å². The first-order valence-corrected chi connectivity index (χ1v) is 6.10. The highest BCUT2D eigenvalue weighted by atomic mass is 16.5. The van der Waals surface area contributed by atoms with Gasteiger partial charge in [0.1, 0.15) is 12.1 Å². The smallest absolute Gasteiger partial charge is 0.345 e. The first kappa shape index (κ1) is 13.9. The van der Waals surface area contributed by atoms with Crippen molar-refractivity contribution in [1.29, 1.82) is 0 Å². The van der Waals surface area contributed by atoms with Gasteiger partial charge in [0.15, 0.2) is 0 Å². The van der Waals surface area contributed by atoms with Crippen molar-refractivity contribution in [1.82, 2.24) is 14.3 Å². The Labute approximate surface area is 116 Å². The minimum absolute atomic E-state index is 0.175. The molecule has 0 aliphatic rings. The Bertz CT molecular complexity index is 719. The fourth-order valence-electron chi connectivity index (χ4n) is 1.79. The van der Waals surface area contributed by atoms with Gasteiger partial charge in [0, 0.05) is 12.6 Å². The van der Waals surface area contributed by atoms with E-state index in [2.05, 4.69) is 16.9 Å². The predicted molar refractivity (Wildman–Crippen MR) is 75.5 cm³/mol. The van der Waals surface area contributed by atoms with E-state index in [1.165, 1.54) is 15.6 Å². The number of aromatic nitrogens is 3. The molecule has 0 saturated heterocycles. The van der Waals surface area contributed by atoms with E-state index in [4.69, 9.17) is 10.5 Å². The lowest BCUT2D eigenvalue weighted by Gasteiger charge is -2.07. The lowest BCUT2D eigenvalue weighted by atomic mass is 10.1. The molecule has 1 aromatic carbocycles. The zero-order chi connectivity index (χ0) is 14.5. The maximum absolute atomic E-state index is 11.8. The molecule has 0 fully saturated rings. The van der Waals surface area contributed by atoms with E-state index < -0.39 is 0 Å². The number of hydrogen-bond donors (Lipinski definition) is 1. The fraction of sp³-hybridized carbons (Fsp3) is 0.286. The average molecular weight is 272 g/mol. The number of nitrogens with zero attached hydrogens (tertiary/aromatic N) is 3. The molecule has 2 N–H and O–H groups in total. The van der Waals surface area contributed by atoms with Crippen LogP contribution in [0.4, 0.5) is 0 Å². The molecule has 6 heteroatoms. The Morgan fingerprint density at radius 2 is 2.25 bits per heavy atom. The van der Waals surface area contributed by atoms with Crippen LogP contribution in [-0.2, 0) is 13.6 Å². The van der Waals surface area contributed by atoms with E-state index in [0.717, 1.165) is 11.1 Å². The maximum Gasteiger partial charge on any atom is 0.345 e. The molecule has 2 rings (SSSR count). The van der Waals surface area contributed by atoms with Gasteiger partial charge in [-0.05, 0) is 23.8 Å². The number of ether oxygens (including phenoxy) is 1. The Morgan fingerprint density at radius 3 is 2.85 bits per heavy atom. The number of rotatable bonds is 3. The molecule has 1 aromatic heterocycles. The van der Waals surface area contributed by atoms with Crippen molar-refractivity contribution < 1.29 is 4.74 Å². The standard InChI is InChI=1S/C14H16N4O2/c1-17-10-16-18(14(17)19)9-12-8-13(20-2)6-5-11(12)4-3-7-15/h5-6,8,10H,7,9,15H2,1-2H3. The zero-order valence-electron chi connectivity index (χ0n) is 11.5. The number of benzene rings is 1. The monoisotopic (exact) mass is 272 g/mol. The molecule has 104 valence electrons. The average Bonchev–Trinajstić information content (AvgIpc) is 2.78. The van der Waals surface area contributed by atoms with E-state index in [1.54, 1.807) is 14.2 Å². The van der Waals surface area contributed by atoms with Crippen molar-refractivity contribution in [3.8, 4) is 17.6 Å². The van der Waals surface area contributed by atoms with Crippen LogP contribution in [0.5, 0.6) is 5.75 Å². The molecule has 2 aromatic rings. The van der Waals surface area contributed by atoms with Gasteiger partial charge in [0.2, 0.25) is 0 Å². The third-order valence-electron chi connectivity index (χ3n) is 2.84. The third-order valence-corrected chi connectivity index (χ3v) is 2.84.